The van der Waals surface area contributed by atoms with Crippen LogP contribution in [0.15, 0.2) is 24.3 Å². The molecule has 0 unspecified atom stereocenters. The van der Waals surface area contributed by atoms with E-state index < -0.39 is 12.1 Å². The number of hydrogen-bond acceptors (Lipinski definition) is 4. The first kappa shape index (κ1) is 14.7. The van der Waals surface area contributed by atoms with Crippen molar-refractivity contribution >= 4 is 0 Å². The van der Waals surface area contributed by atoms with Crippen LogP contribution < -0.4 is 5.73 Å². The number of aryl methyl sites for hydroxylation is 1. The van der Waals surface area contributed by atoms with Crippen LogP contribution in [0, 0.1) is 6.92 Å². The molecule has 2 aromatic rings. The van der Waals surface area contributed by atoms with Gasteiger partial charge in [0.2, 0.25) is 0 Å². The lowest BCUT2D eigenvalue weighted by Gasteiger charge is -2.15. The fourth-order valence-corrected chi connectivity index (χ4v) is 2.05. The first-order valence-corrected chi connectivity index (χ1v) is 6.87. The van der Waals surface area contributed by atoms with Crippen LogP contribution in [0.3, 0.4) is 0 Å². The lowest BCUT2D eigenvalue weighted by molar-refractivity contribution is 0.159. The van der Waals surface area contributed by atoms with E-state index in [-0.39, 0.29) is 0 Å². The summed E-state index contributed by atoms with van der Waals surface area (Å²) in [4.78, 5) is 4.33. The van der Waals surface area contributed by atoms with Crippen LogP contribution in [0.5, 0.6) is 0 Å². The summed E-state index contributed by atoms with van der Waals surface area (Å²) in [5.41, 5.74) is 8.17. The second kappa shape index (κ2) is 5.73. The van der Waals surface area contributed by atoms with Gasteiger partial charge in [0.1, 0.15) is 5.82 Å². The van der Waals surface area contributed by atoms with Gasteiger partial charge in [-0.25, -0.2) is 9.67 Å². The van der Waals surface area contributed by atoms with Gasteiger partial charge in [-0.2, -0.15) is 5.10 Å². The number of rotatable bonds is 4. The third-order valence-corrected chi connectivity index (χ3v) is 3.36. The van der Waals surface area contributed by atoms with E-state index in [0.717, 1.165) is 5.69 Å². The van der Waals surface area contributed by atoms with E-state index in [4.69, 9.17) is 5.73 Å². The lowest BCUT2D eigenvalue weighted by Crippen LogP contribution is -2.26. The molecule has 0 aliphatic heterocycles. The molecule has 0 spiro atoms. The molecule has 0 amide bonds. The third-order valence-electron chi connectivity index (χ3n) is 3.36. The number of benzene rings is 1. The summed E-state index contributed by atoms with van der Waals surface area (Å²) in [6.07, 6.45) is -0.674. The van der Waals surface area contributed by atoms with Crippen LogP contribution in [0.4, 0.5) is 0 Å². The fourth-order valence-electron chi connectivity index (χ4n) is 2.05. The Hall–Kier alpha value is -1.72. The van der Waals surface area contributed by atoms with Crippen molar-refractivity contribution in [2.45, 2.75) is 45.8 Å². The van der Waals surface area contributed by atoms with E-state index in [9.17, 15) is 5.11 Å². The van der Waals surface area contributed by atoms with Gasteiger partial charge in [0.15, 0.2) is 5.82 Å². The van der Waals surface area contributed by atoms with Crippen molar-refractivity contribution in [2.75, 3.05) is 0 Å². The van der Waals surface area contributed by atoms with Crippen LogP contribution >= 0.6 is 0 Å². The van der Waals surface area contributed by atoms with Gasteiger partial charge in [0.25, 0.3) is 0 Å². The molecule has 20 heavy (non-hydrogen) atoms. The molecule has 1 aromatic heterocycles. The summed E-state index contributed by atoms with van der Waals surface area (Å²) < 4.78 is 1.71. The zero-order valence-corrected chi connectivity index (χ0v) is 12.4. The molecule has 108 valence electrons. The number of aromatic nitrogens is 3. The second-order valence-corrected chi connectivity index (χ2v) is 5.44. The Balaban J connectivity index is 2.42. The minimum atomic E-state index is -0.674. The van der Waals surface area contributed by atoms with E-state index in [1.54, 1.807) is 11.6 Å². The molecule has 0 aliphatic carbocycles. The Morgan fingerprint density at radius 2 is 1.75 bits per heavy atom. The van der Waals surface area contributed by atoms with Crippen LogP contribution in [-0.2, 0) is 0 Å². The molecule has 0 fully saturated rings. The highest BCUT2D eigenvalue weighted by Crippen LogP contribution is 2.20. The maximum atomic E-state index is 9.67. The van der Waals surface area contributed by atoms with Crippen LogP contribution in [0.2, 0.25) is 0 Å². The molecule has 1 aromatic carbocycles. The number of nitrogens with zero attached hydrogens (tertiary/aromatic N) is 3. The third kappa shape index (κ3) is 2.89. The molecule has 5 nitrogen and oxygen atoms in total. The van der Waals surface area contributed by atoms with Crippen molar-refractivity contribution in [3.63, 3.8) is 0 Å². The highest BCUT2D eigenvalue weighted by atomic mass is 16.3. The normalized spacial score (nSPS) is 14.6. The highest BCUT2D eigenvalue weighted by Gasteiger charge is 2.20. The average molecular weight is 274 g/mol. The van der Waals surface area contributed by atoms with Gasteiger partial charge in [0, 0.05) is 0 Å². The molecule has 1 heterocycles. The molecule has 3 N–H and O–H groups in total. The number of hydrogen-bond donors (Lipinski definition) is 2. The lowest BCUT2D eigenvalue weighted by atomic mass is 10.0. The molecule has 0 aliphatic rings. The van der Waals surface area contributed by atoms with E-state index in [1.807, 2.05) is 19.1 Å². The van der Waals surface area contributed by atoms with E-state index in [0.29, 0.717) is 17.6 Å². The SMILES string of the molecule is Cc1nc([C@H](N)[C@H](C)O)n(-c2ccc(C(C)C)cc2)n1. The van der Waals surface area contributed by atoms with Gasteiger partial charge >= 0.3 is 0 Å². The summed E-state index contributed by atoms with van der Waals surface area (Å²) in [5, 5.41) is 14.0. The first-order valence-electron chi connectivity index (χ1n) is 6.87. The minimum absolute atomic E-state index is 0.487. The van der Waals surface area contributed by atoms with E-state index in [1.165, 1.54) is 5.56 Å². The number of nitrogens with two attached hydrogens (primary N) is 1. The predicted octanol–water partition coefficient (Wildman–Crippen LogP) is 2.08. The summed E-state index contributed by atoms with van der Waals surface area (Å²) in [6, 6.07) is 7.60. The monoisotopic (exact) mass is 274 g/mol. The van der Waals surface area contributed by atoms with Gasteiger partial charge in [-0.3, -0.25) is 0 Å². The average Bonchev–Trinajstić information content (AvgIpc) is 2.79. The zero-order valence-electron chi connectivity index (χ0n) is 12.4. The molecule has 0 bridgehead atoms. The Morgan fingerprint density at radius 3 is 2.25 bits per heavy atom. The maximum Gasteiger partial charge on any atom is 0.152 e. The van der Waals surface area contributed by atoms with Crippen molar-refractivity contribution in [1.29, 1.82) is 0 Å². The maximum absolute atomic E-state index is 9.67. The number of aliphatic hydroxyl groups excluding tert-OH is 1. The fraction of sp³-hybridized carbons (Fsp3) is 0.467. The van der Waals surface area contributed by atoms with Crippen molar-refractivity contribution < 1.29 is 5.11 Å². The standard InChI is InChI=1S/C15H22N4O/c1-9(2)12-5-7-13(8-6-12)19-15(14(16)10(3)20)17-11(4)18-19/h5-10,14,20H,16H2,1-4H3/t10-,14+/m0/s1. The Bertz CT molecular complexity index is 572. The summed E-state index contributed by atoms with van der Waals surface area (Å²) >= 11 is 0. The van der Waals surface area contributed by atoms with Crippen LogP contribution in [-0.4, -0.2) is 26.0 Å². The molecular weight excluding hydrogens is 252 g/mol. The molecule has 0 saturated carbocycles. The quantitative estimate of drug-likeness (QED) is 0.895. The minimum Gasteiger partial charge on any atom is -0.391 e. The zero-order chi connectivity index (χ0) is 14.9. The molecule has 2 rings (SSSR count). The van der Waals surface area contributed by atoms with Gasteiger partial charge in [-0.05, 0) is 37.5 Å². The highest BCUT2D eigenvalue weighted by molar-refractivity contribution is 5.36. The largest absolute Gasteiger partial charge is 0.391 e. The molecule has 0 radical (unpaired) electrons. The van der Waals surface area contributed by atoms with Gasteiger partial charge < -0.3 is 10.8 Å². The molecule has 0 saturated heterocycles. The van der Waals surface area contributed by atoms with Crippen molar-refractivity contribution in [2.24, 2.45) is 5.73 Å². The van der Waals surface area contributed by atoms with Gasteiger partial charge in [-0.15, -0.1) is 0 Å². The molecule has 2 atom stereocenters. The van der Waals surface area contributed by atoms with Crippen molar-refractivity contribution in [3.8, 4) is 5.69 Å². The Kier molecular flexibility index (Phi) is 4.20. The first-order chi connectivity index (χ1) is 9.40. The van der Waals surface area contributed by atoms with Crippen molar-refractivity contribution in [3.05, 3.63) is 41.5 Å². The summed E-state index contributed by atoms with van der Waals surface area (Å²) in [7, 11) is 0. The second-order valence-electron chi connectivity index (χ2n) is 5.44. The van der Waals surface area contributed by atoms with Crippen molar-refractivity contribution in [1.82, 2.24) is 14.8 Å². The van der Waals surface area contributed by atoms with Crippen LogP contribution in [0.25, 0.3) is 5.69 Å². The van der Waals surface area contributed by atoms with Gasteiger partial charge in [0.05, 0.1) is 17.8 Å². The predicted molar refractivity (Wildman–Crippen MR) is 78.8 cm³/mol. The Labute approximate surface area is 119 Å². The Morgan fingerprint density at radius 1 is 1.15 bits per heavy atom. The summed E-state index contributed by atoms with van der Waals surface area (Å²) in [6.45, 7) is 7.78. The smallest absolute Gasteiger partial charge is 0.152 e. The topological polar surface area (TPSA) is 77.0 Å². The van der Waals surface area contributed by atoms with Gasteiger partial charge in [-0.1, -0.05) is 26.0 Å². The molecular formula is C15H22N4O. The number of aliphatic hydroxyl groups is 1. The van der Waals surface area contributed by atoms with E-state index >= 15 is 0 Å². The van der Waals surface area contributed by atoms with E-state index in [2.05, 4.69) is 36.1 Å². The van der Waals surface area contributed by atoms with Crippen LogP contribution in [0.1, 0.15) is 49.9 Å². The summed E-state index contributed by atoms with van der Waals surface area (Å²) in [5.74, 6) is 1.71. The molecule has 5 heteroatoms.